The smallest absolute Gasteiger partial charge is 0.248 e. The molecule has 1 aliphatic rings. The Labute approximate surface area is 126 Å². The average molecular weight is 312 g/mol. The molecule has 1 saturated heterocycles. The Hall–Kier alpha value is -1.14. The van der Waals surface area contributed by atoms with Crippen LogP contribution in [0.1, 0.15) is 40.0 Å². The summed E-state index contributed by atoms with van der Waals surface area (Å²) in [4.78, 5) is 14.3. The van der Waals surface area contributed by atoms with Gasteiger partial charge in [0.25, 0.3) is 0 Å². The minimum Gasteiger partial charge on any atom is -0.366 e. The fourth-order valence-electron chi connectivity index (χ4n) is 2.92. The number of rotatable bonds is 2. The summed E-state index contributed by atoms with van der Waals surface area (Å²) in [6.07, 6.45) is 5.43. The maximum Gasteiger partial charge on any atom is 0.248 e. The van der Waals surface area contributed by atoms with Gasteiger partial charge in [0.2, 0.25) is 15.5 Å². The molecule has 0 aromatic carbocycles. The third-order valence-electron chi connectivity index (χ3n) is 4.32. The van der Waals surface area contributed by atoms with Crippen LogP contribution < -0.4 is 5.43 Å². The highest BCUT2D eigenvalue weighted by atomic mass is 32.2. The Kier molecular flexibility index (Phi) is 4.58. The molecular formula is C15H24N2O3S. The molecule has 1 aromatic rings. The van der Waals surface area contributed by atoms with Crippen molar-refractivity contribution in [1.82, 2.24) is 9.29 Å². The normalized spacial score (nSPS) is 22.0. The van der Waals surface area contributed by atoms with Gasteiger partial charge in [-0.15, -0.1) is 0 Å². The second-order valence-corrected chi connectivity index (χ2v) is 8.68. The number of nitrogens with zero attached hydrogens (tertiary/aromatic N) is 1. The van der Waals surface area contributed by atoms with E-state index >= 15 is 0 Å². The van der Waals surface area contributed by atoms with Crippen LogP contribution in [0.5, 0.6) is 0 Å². The first-order chi connectivity index (χ1) is 9.73. The number of pyridine rings is 1. The summed E-state index contributed by atoms with van der Waals surface area (Å²) in [6.45, 7) is 7.57. The quantitative estimate of drug-likeness (QED) is 0.910. The van der Waals surface area contributed by atoms with E-state index in [2.05, 4.69) is 25.8 Å². The van der Waals surface area contributed by atoms with Crippen molar-refractivity contribution in [2.45, 2.75) is 44.9 Å². The molecule has 0 saturated carbocycles. The van der Waals surface area contributed by atoms with Gasteiger partial charge in [0.05, 0.1) is 0 Å². The van der Waals surface area contributed by atoms with E-state index < -0.39 is 15.5 Å². The van der Waals surface area contributed by atoms with Gasteiger partial charge in [0.1, 0.15) is 4.90 Å². The number of aromatic amines is 1. The fraction of sp³-hybridized carbons (Fsp3) is 0.667. The predicted octanol–water partition coefficient (Wildman–Crippen LogP) is 2.21. The molecule has 5 nitrogen and oxygen atoms in total. The Morgan fingerprint density at radius 2 is 1.95 bits per heavy atom. The third-order valence-corrected chi connectivity index (χ3v) is 6.24. The summed E-state index contributed by atoms with van der Waals surface area (Å²) in [7, 11) is -3.70. The minimum absolute atomic E-state index is 0.154. The second kappa shape index (κ2) is 5.93. The summed E-state index contributed by atoms with van der Waals surface area (Å²) >= 11 is 0. The number of nitrogens with one attached hydrogen (secondary N) is 1. The Balaban J connectivity index is 2.23. The SMILES string of the molecule is CC(C)(C)C1CCCN(S(=O)(=O)c2c[nH]ccc2=O)CC1. The van der Waals surface area contributed by atoms with Gasteiger partial charge in [-0.3, -0.25) is 4.79 Å². The van der Waals surface area contributed by atoms with Crippen molar-refractivity contribution in [2.24, 2.45) is 11.3 Å². The van der Waals surface area contributed by atoms with E-state index in [1.54, 1.807) is 0 Å². The van der Waals surface area contributed by atoms with Gasteiger partial charge >= 0.3 is 0 Å². The van der Waals surface area contributed by atoms with Crippen molar-refractivity contribution in [2.75, 3.05) is 13.1 Å². The van der Waals surface area contributed by atoms with Crippen LogP contribution in [0.3, 0.4) is 0 Å². The number of aromatic nitrogens is 1. The maximum absolute atomic E-state index is 12.6. The van der Waals surface area contributed by atoms with Crippen molar-refractivity contribution < 1.29 is 8.42 Å². The first-order valence-corrected chi connectivity index (χ1v) is 8.84. The second-order valence-electron chi connectivity index (χ2n) is 6.77. The minimum atomic E-state index is -3.70. The molecule has 0 bridgehead atoms. The number of hydrogen-bond acceptors (Lipinski definition) is 3. The molecule has 0 aliphatic carbocycles. The van der Waals surface area contributed by atoms with E-state index in [0.29, 0.717) is 19.0 Å². The molecular weight excluding hydrogens is 288 g/mol. The molecule has 6 heteroatoms. The largest absolute Gasteiger partial charge is 0.366 e. The zero-order valence-corrected chi connectivity index (χ0v) is 13.7. The van der Waals surface area contributed by atoms with Gasteiger partial charge in [-0.1, -0.05) is 20.8 Å². The molecule has 21 heavy (non-hydrogen) atoms. The fourth-order valence-corrected chi connectivity index (χ4v) is 4.45. The Morgan fingerprint density at radius 1 is 1.24 bits per heavy atom. The lowest BCUT2D eigenvalue weighted by molar-refractivity contribution is 0.217. The van der Waals surface area contributed by atoms with Crippen LogP contribution in [-0.4, -0.2) is 30.8 Å². The van der Waals surface area contributed by atoms with Gasteiger partial charge in [-0.25, -0.2) is 8.42 Å². The Morgan fingerprint density at radius 3 is 2.57 bits per heavy atom. The van der Waals surface area contributed by atoms with Gasteiger partial charge in [0, 0.05) is 31.5 Å². The van der Waals surface area contributed by atoms with Crippen LogP contribution in [0.25, 0.3) is 0 Å². The number of sulfonamides is 1. The lowest BCUT2D eigenvalue weighted by atomic mass is 9.77. The van der Waals surface area contributed by atoms with Crippen molar-refractivity contribution in [1.29, 1.82) is 0 Å². The third kappa shape index (κ3) is 3.55. The lowest BCUT2D eigenvalue weighted by Gasteiger charge is -2.29. The monoisotopic (exact) mass is 312 g/mol. The van der Waals surface area contributed by atoms with Crippen LogP contribution >= 0.6 is 0 Å². The molecule has 0 spiro atoms. The first kappa shape index (κ1) is 16.2. The van der Waals surface area contributed by atoms with Crippen molar-refractivity contribution in [3.8, 4) is 0 Å². The molecule has 1 N–H and O–H groups in total. The molecule has 2 heterocycles. The molecule has 1 fully saturated rings. The van der Waals surface area contributed by atoms with Gasteiger partial charge in [-0.2, -0.15) is 4.31 Å². The van der Waals surface area contributed by atoms with E-state index in [9.17, 15) is 13.2 Å². The molecule has 118 valence electrons. The van der Waals surface area contributed by atoms with Gasteiger partial charge in [0.15, 0.2) is 0 Å². The highest BCUT2D eigenvalue weighted by molar-refractivity contribution is 7.89. The topological polar surface area (TPSA) is 70.2 Å². The van der Waals surface area contributed by atoms with E-state index in [4.69, 9.17) is 0 Å². The average Bonchev–Trinajstić information content (AvgIpc) is 2.64. The predicted molar refractivity (Wildman–Crippen MR) is 82.6 cm³/mol. The maximum atomic E-state index is 12.6. The van der Waals surface area contributed by atoms with E-state index in [0.717, 1.165) is 19.3 Å². The molecule has 1 unspecified atom stereocenters. The van der Waals surface area contributed by atoms with Gasteiger partial charge < -0.3 is 4.98 Å². The van der Waals surface area contributed by atoms with Crippen LogP contribution in [0, 0.1) is 11.3 Å². The molecule has 0 amide bonds. The number of hydrogen-bond donors (Lipinski definition) is 1. The summed E-state index contributed by atoms with van der Waals surface area (Å²) in [5, 5.41) is 0. The van der Waals surface area contributed by atoms with E-state index in [1.165, 1.54) is 22.8 Å². The summed E-state index contributed by atoms with van der Waals surface area (Å²) in [5.41, 5.74) is -0.269. The lowest BCUT2D eigenvalue weighted by Crippen LogP contribution is -2.35. The van der Waals surface area contributed by atoms with Crippen LogP contribution in [0.15, 0.2) is 28.2 Å². The summed E-state index contributed by atoms with van der Waals surface area (Å²) in [5.74, 6) is 0.506. The van der Waals surface area contributed by atoms with Crippen molar-refractivity contribution in [3.05, 3.63) is 28.7 Å². The molecule has 1 atom stereocenters. The van der Waals surface area contributed by atoms with Crippen LogP contribution in [0.2, 0.25) is 0 Å². The molecule has 1 aliphatic heterocycles. The van der Waals surface area contributed by atoms with Crippen molar-refractivity contribution in [3.63, 3.8) is 0 Å². The zero-order valence-electron chi connectivity index (χ0n) is 12.9. The highest BCUT2D eigenvalue weighted by Gasteiger charge is 2.32. The summed E-state index contributed by atoms with van der Waals surface area (Å²) in [6, 6.07) is 1.25. The first-order valence-electron chi connectivity index (χ1n) is 7.40. The molecule has 2 rings (SSSR count). The standard InChI is InChI=1S/C15H24N2O3S/c1-15(2,3)12-5-4-9-17(10-7-12)21(19,20)14-11-16-8-6-13(14)18/h6,8,11-12H,4-5,7,9-10H2,1-3H3,(H,16,18). The summed E-state index contributed by atoms with van der Waals surface area (Å²) < 4.78 is 26.7. The number of H-pyrrole nitrogens is 1. The molecule has 0 radical (unpaired) electrons. The molecule has 1 aromatic heterocycles. The van der Waals surface area contributed by atoms with E-state index in [-0.39, 0.29) is 10.3 Å². The van der Waals surface area contributed by atoms with Crippen LogP contribution in [0.4, 0.5) is 0 Å². The van der Waals surface area contributed by atoms with Crippen molar-refractivity contribution >= 4 is 10.0 Å². The highest BCUT2D eigenvalue weighted by Crippen LogP contribution is 2.35. The Bertz CT molecular complexity index is 643. The van der Waals surface area contributed by atoms with E-state index in [1.807, 2.05) is 0 Å². The zero-order chi connectivity index (χ0) is 15.7. The van der Waals surface area contributed by atoms with Crippen LogP contribution in [-0.2, 0) is 10.0 Å². The van der Waals surface area contributed by atoms with Gasteiger partial charge in [-0.05, 0) is 30.6 Å².